The number of fused-ring (bicyclic) bond motifs is 1. The van der Waals surface area contributed by atoms with E-state index in [2.05, 4.69) is 10.3 Å². The molecule has 0 saturated heterocycles. The van der Waals surface area contributed by atoms with Gasteiger partial charge in [-0.1, -0.05) is 60.7 Å². The second-order valence-corrected chi connectivity index (χ2v) is 12.4. The first kappa shape index (κ1) is 34.8. The number of H-pyrrole nitrogens is 1. The van der Waals surface area contributed by atoms with Crippen LogP contribution < -0.4 is 10.1 Å². The van der Waals surface area contributed by atoms with Gasteiger partial charge in [0.2, 0.25) is 5.91 Å². The summed E-state index contributed by atoms with van der Waals surface area (Å²) in [5.41, 5.74) is 5.83. The van der Waals surface area contributed by atoms with Crippen LogP contribution in [0.3, 0.4) is 0 Å². The summed E-state index contributed by atoms with van der Waals surface area (Å²) in [5.74, 6) is -0.547. The largest absolute Gasteiger partial charge is 0.489 e. The van der Waals surface area contributed by atoms with Crippen molar-refractivity contribution in [3.8, 4) is 5.75 Å². The van der Waals surface area contributed by atoms with Crippen molar-refractivity contribution >= 4 is 46.2 Å². The van der Waals surface area contributed by atoms with E-state index in [9.17, 15) is 14.4 Å². The Morgan fingerprint density at radius 2 is 1.69 bits per heavy atom. The van der Waals surface area contributed by atoms with Crippen LogP contribution in [0.2, 0.25) is 0 Å². The molecule has 0 unspecified atom stereocenters. The van der Waals surface area contributed by atoms with Crippen molar-refractivity contribution < 1.29 is 28.6 Å². The Morgan fingerprint density at radius 1 is 0.939 bits per heavy atom. The molecule has 0 aliphatic carbocycles. The molecule has 0 spiro atoms. The average molecular weight is 678 g/mol. The van der Waals surface area contributed by atoms with E-state index in [1.54, 1.807) is 19.9 Å². The van der Waals surface area contributed by atoms with Gasteiger partial charge in [-0.05, 0) is 79.8 Å². The highest BCUT2D eigenvalue weighted by Gasteiger charge is 2.20. The van der Waals surface area contributed by atoms with Crippen molar-refractivity contribution in [3.63, 3.8) is 0 Å². The van der Waals surface area contributed by atoms with Gasteiger partial charge in [-0.2, -0.15) is 0 Å². The van der Waals surface area contributed by atoms with Gasteiger partial charge in [-0.3, -0.25) is 4.79 Å². The van der Waals surface area contributed by atoms with Gasteiger partial charge in [0, 0.05) is 28.1 Å². The van der Waals surface area contributed by atoms with E-state index in [0.717, 1.165) is 43.9 Å². The molecule has 0 aliphatic rings. The number of aromatic nitrogens is 2. The number of para-hydroxylation sites is 1. The van der Waals surface area contributed by atoms with Crippen LogP contribution in [0.5, 0.6) is 5.75 Å². The zero-order valence-corrected chi connectivity index (χ0v) is 28.5. The number of ether oxygens (including phenoxy) is 3. The third-order valence-corrected chi connectivity index (χ3v) is 8.56. The molecule has 5 aromatic rings. The Hall–Kier alpha value is -5.48. The van der Waals surface area contributed by atoms with Gasteiger partial charge in [-0.15, -0.1) is 11.3 Å². The fraction of sp³-hybridized carbons (Fsp3) is 0.231. The van der Waals surface area contributed by atoms with E-state index in [1.807, 2.05) is 103 Å². The molecule has 252 valence electrons. The number of hydrogen-bond donors (Lipinski definition) is 2. The number of nitrogens with zero attached hydrogens (tertiary/aromatic N) is 1. The first-order valence-corrected chi connectivity index (χ1v) is 16.9. The Morgan fingerprint density at radius 3 is 2.47 bits per heavy atom. The molecule has 1 amide bonds. The lowest BCUT2D eigenvalue weighted by molar-refractivity contribution is -0.156. The Kier molecular flexibility index (Phi) is 12.1. The fourth-order valence-corrected chi connectivity index (χ4v) is 6.06. The molecular weight excluding hydrogens is 639 g/mol. The maximum atomic E-state index is 13.4. The van der Waals surface area contributed by atoms with Crippen LogP contribution in [0.25, 0.3) is 17.0 Å². The van der Waals surface area contributed by atoms with Crippen LogP contribution in [-0.4, -0.2) is 41.0 Å². The quantitative estimate of drug-likeness (QED) is 0.0678. The number of amides is 1. The topological polar surface area (TPSA) is 120 Å². The van der Waals surface area contributed by atoms with Crippen molar-refractivity contribution in [2.75, 3.05) is 13.2 Å². The van der Waals surface area contributed by atoms with Gasteiger partial charge in [0.15, 0.2) is 6.61 Å². The highest BCUT2D eigenvalue weighted by Crippen LogP contribution is 2.26. The number of benzene rings is 3. The number of nitrogens with one attached hydrogen (secondary N) is 2. The second kappa shape index (κ2) is 17.1. The predicted octanol–water partition coefficient (Wildman–Crippen LogP) is 7.30. The predicted molar refractivity (Wildman–Crippen MR) is 191 cm³/mol. The molecule has 0 saturated carbocycles. The number of carbonyl (C=O) groups excluding carboxylic acids is 3. The van der Waals surface area contributed by atoms with Crippen LogP contribution in [0.15, 0.2) is 108 Å². The first-order valence-electron chi connectivity index (χ1n) is 16.0. The first-order chi connectivity index (χ1) is 23.8. The highest BCUT2D eigenvalue weighted by atomic mass is 32.1. The molecule has 0 radical (unpaired) electrons. The third-order valence-electron chi connectivity index (χ3n) is 7.58. The van der Waals surface area contributed by atoms with E-state index in [0.29, 0.717) is 24.3 Å². The minimum absolute atomic E-state index is 0.110. The van der Waals surface area contributed by atoms with E-state index in [1.165, 1.54) is 11.3 Å². The van der Waals surface area contributed by atoms with Crippen LogP contribution in [0.1, 0.15) is 54.2 Å². The monoisotopic (exact) mass is 677 g/mol. The standard InChI is InChI=1S/C39H39N3O6S/c1-4-46-37(44)24-48-39(45)27(3)18-26(2)19-31-25-49-38(41-31)35(42-36(43)21-30-22-40-34-13-9-8-12-33(30)34)20-28-14-16-32(17-15-28)47-23-29-10-6-5-7-11-29/h5-19,22,25,35,40H,4,20-21,23-24H2,1-3H3,(H,42,43)/b26-19+,27-18-/t35-/m0/s1. The van der Waals surface area contributed by atoms with Crippen molar-refractivity contribution in [2.24, 2.45) is 0 Å². The minimum Gasteiger partial charge on any atom is -0.489 e. The van der Waals surface area contributed by atoms with Gasteiger partial charge in [0.25, 0.3) is 0 Å². The van der Waals surface area contributed by atoms with Gasteiger partial charge >= 0.3 is 11.9 Å². The summed E-state index contributed by atoms with van der Waals surface area (Å²) in [6, 6.07) is 25.4. The van der Waals surface area contributed by atoms with Crippen LogP contribution in [0.4, 0.5) is 0 Å². The summed E-state index contributed by atoms with van der Waals surface area (Å²) < 4.78 is 15.8. The zero-order valence-electron chi connectivity index (χ0n) is 27.7. The summed E-state index contributed by atoms with van der Waals surface area (Å²) in [6.45, 7) is 5.41. The molecular formula is C39H39N3O6S. The van der Waals surface area contributed by atoms with Gasteiger partial charge in [0.05, 0.1) is 24.8 Å². The number of rotatable bonds is 15. The highest BCUT2D eigenvalue weighted by molar-refractivity contribution is 7.09. The molecule has 2 heterocycles. The lowest BCUT2D eigenvalue weighted by Crippen LogP contribution is -2.31. The van der Waals surface area contributed by atoms with Crippen LogP contribution in [-0.2, 0) is 43.3 Å². The van der Waals surface area contributed by atoms with Crippen molar-refractivity contribution in [2.45, 2.75) is 46.3 Å². The van der Waals surface area contributed by atoms with Gasteiger partial charge < -0.3 is 24.5 Å². The number of carbonyl (C=O) groups is 3. The maximum absolute atomic E-state index is 13.4. The van der Waals surface area contributed by atoms with Gasteiger partial charge in [-0.25, -0.2) is 14.6 Å². The number of aromatic amines is 1. The molecule has 2 N–H and O–H groups in total. The molecule has 0 aliphatic heterocycles. The Bertz CT molecular complexity index is 1940. The summed E-state index contributed by atoms with van der Waals surface area (Å²) in [6.07, 6.45) is 6.16. The summed E-state index contributed by atoms with van der Waals surface area (Å²) in [7, 11) is 0. The Labute approximate surface area is 289 Å². The number of thiazole rings is 1. The summed E-state index contributed by atoms with van der Waals surface area (Å²) >= 11 is 1.46. The van der Waals surface area contributed by atoms with Crippen LogP contribution in [0, 0.1) is 0 Å². The maximum Gasteiger partial charge on any atom is 0.344 e. The third kappa shape index (κ3) is 10.3. The molecule has 10 heteroatoms. The number of allylic oxidation sites excluding steroid dienone is 2. The van der Waals surface area contributed by atoms with E-state index in [-0.39, 0.29) is 25.0 Å². The zero-order chi connectivity index (χ0) is 34.6. The van der Waals surface area contributed by atoms with Crippen molar-refractivity contribution in [3.05, 3.63) is 135 Å². The molecule has 0 bridgehead atoms. The molecule has 5 rings (SSSR count). The molecule has 3 aromatic carbocycles. The molecule has 1 atom stereocenters. The second-order valence-electron chi connectivity index (χ2n) is 11.5. The SMILES string of the molecule is CCOC(=O)COC(=O)/C(C)=C\C(C)=C\c1csc([C@H](Cc2ccc(OCc3ccccc3)cc2)NC(=O)Cc2c[nH]c3ccccc23)n1. The number of hydrogen-bond acceptors (Lipinski definition) is 8. The lowest BCUT2D eigenvalue weighted by atomic mass is 10.0. The molecule has 0 fully saturated rings. The fourth-order valence-electron chi connectivity index (χ4n) is 5.24. The Balaban J connectivity index is 1.29. The van der Waals surface area contributed by atoms with Crippen LogP contribution >= 0.6 is 11.3 Å². The van der Waals surface area contributed by atoms with E-state index < -0.39 is 18.5 Å². The summed E-state index contributed by atoms with van der Waals surface area (Å²) in [4.78, 5) is 45.4. The van der Waals surface area contributed by atoms with E-state index >= 15 is 0 Å². The molecule has 9 nitrogen and oxygen atoms in total. The molecule has 2 aromatic heterocycles. The lowest BCUT2D eigenvalue weighted by Gasteiger charge is -2.17. The van der Waals surface area contributed by atoms with Crippen molar-refractivity contribution in [1.29, 1.82) is 0 Å². The summed E-state index contributed by atoms with van der Waals surface area (Å²) in [5, 5.41) is 6.92. The number of esters is 2. The smallest absolute Gasteiger partial charge is 0.344 e. The minimum atomic E-state index is -0.603. The van der Waals surface area contributed by atoms with Crippen molar-refractivity contribution in [1.82, 2.24) is 15.3 Å². The normalized spacial score (nSPS) is 12.4. The average Bonchev–Trinajstić information content (AvgIpc) is 3.74. The molecule has 49 heavy (non-hydrogen) atoms. The van der Waals surface area contributed by atoms with E-state index in [4.69, 9.17) is 19.2 Å². The van der Waals surface area contributed by atoms with Gasteiger partial charge in [0.1, 0.15) is 17.4 Å².